The topological polar surface area (TPSA) is 88.9 Å². The minimum atomic E-state index is -3.17. The van der Waals surface area contributed by atoms with Gasteiger partial charge in [0, 0.05) is 13.1 Å². The van der Waals surface area contributed by atoms with Gasteiger partial charge in [-0.05, 0) is 19.2 Å². The second-order valence-corrected chi connectivity index (χ2v) is 6.21. The maximum Gasteiger partial charge on any atom is 0.212 e. The van der Waals surface area contributed by atoms with E-state index in [2.05, 4.69) is 20.2 Å². The van der Waals surface area contributed by atoms with Gasteiger partial charge in [0.1, 0.15) is 0 Å². The largest absolute Gasteiger partial charge is 0.310 e. The summed E-state index contributed by atoms with van der Waals surface area (Å²) in [6, 6.07) is 9.59. The van der Waals surface area contributed by atoms with Crippen LogP contribution in [0.2, 0.25) is 0 Å². The van der Waals surface area contributed by atoms with Gasteiger partial charge in [-0.1, -0.05) is 18.2 Å². The van der Waals surface area contributed by atoms with Crippen LogP contribution in [0.3, 0.4) is 0 Å². The Morgan fingerprint density at radius 3 is 2.70 bits per heavy atom. The van der Waals surface area contributed by atoms with Crippen molar-refractivity contribution in [3.8, 4) is 5.69 Å². The van der Waals surface area contributed by atoms with Gasteiger partial charge in [-0.2, -0.15) is 15.0 Å². The van der Waals surface area contributed by atoms with E-state index in [1.807, 2.05) is 30.3 Å². The fourth-order valence-electron chi connectivity index (χ4n) is 1.59. The van der Waals surface area contributed by atoms with E-state index >= 15 is 0 Å². The molecule has 8 heteroatoms. The van der Waals surface area contributed by atoms with Crippen LogP contribution in [0, 0.1) is 0 Å². The average Bonchev–Trinajstić information content (AvgIpc) is 2.93. The molecule has 108 valence electrons. The molecule has 0 saturated carbocycles. The highest BCUT2D eigenvalue weighted by molar-refractivity contribution is 7.89. The highest BCUT2D eigenvalue weighted by Crippen LogP contribution is 2.03. The second kappa shape index (κ2) is 6.60. The zero-order valence-corrected chi connectivity index (χ0v) is 12.0. The molecule has 0 fully saturated rings. The molecule has 0 saturated heterocycles. The first-order valence-corrected chi connectivity index (χ1v) is 7.84. The van der Waals surface area contributed by atoms with E-state index in [1.54, 1.807) is 11.0 Å². The molecule has 2 rings (SSSR count). The zero-order valence-electron chi connectivity index (χ0n) is 11.2. The monoisotopic (exact) mass is 295 g/mol. The molecule has 1 aromatic heterocycles. The average molecular weight is 295 g/mol. The lowest BCUT2D eigenvalue weighted by atomic mass is 10.3. The predicted molar refractivity (Wildman–Crippen MR) is 75.9 cm³/mol. The van der Waals surface area contributed by atoms with E-state index in [1.165, 1.54) is 7.05 Å². The highest BCUT2D eigenvalue weighted by Gasteiger charge is 2.06. The summed E-state index contributed by atoms with van der Waals surface area (Å²) in [5.74, 6) is 0.0380. The van der Waals surface area contributed by atoms with E-state index in [0.29, 0.717) is 13.1 Å². The van der Waals surface area contributed by atoms with Crippen molar-refractivity contribution in [3.05, 3.63) is 42.2 Å². The molecule has 0 aliphatic heterocycles. The van der Waals surface area contributed by atoms with Gasteiger partial charge in [0.05, 0.1) is 23.3 Å². The first-order valence-electron chi connectivity index (χ1n) is 6.19. The third-order valence-electron chi connectivity index (χ3n) is 2.69. The minimum Gasteiger partial charge on any atom is -0.310 e. The second-order valence-electron chi connectivity index (χ2n) is 4.16. The Morgan fingerprint density at radius 2 is 2.00 bits per heavy atom. The maximum atomic E-state index is 11.2. The quantitative estimate of drug-likeness (QED) is 0.697. The van der Waals surface area contributed by atoms with Gasteiger partial charge in [-0.25, -0.2) is 13.1 Å². The fraction of sp³-hybridized carbons (Fsp3) is 0.333. The van der Waals surface area contributed by atoms with E-state index in [4.69, 9.17) is 0 Å². The van der Waals surface area contributed by atoms with E-state index < -0.39 is 10.0 Å². The minimum absolute atomic E-state index is 0.0380. The summed E-state index contributed by atoms with van der Waals surface area (Å²) in [5, 5.41) is 11.5. The zero-order chi connectivity index (χ0) is 14.4. The van der Waals surface area contributed by atoms with Gasteiger partial charge in [0.2, 0.25) is 10.0 Å². The van der Waals surface area contributed by atoms with Crippen LogP contribution < -0.4 is 10.0 Å². The van der Waals surface area contributed by atoms with Gasteiger partial charge in [0.15, 0.2) is 0 Å². The summed E-state index contributed by atoms with van der Waals surface area (Å²) in [7, 11) is -1.76. The van der Waals surface area contributed by atoms with Crippen molar-refractivity contribution in [1.82, 2.24) is 25.0 Å². The van der Waals surface area contributed by atoms with E-state index in [-0.39, 0.29) is 5.75 Å². The molecule has 0 atom stereocenters. The van der Waals surface area contributed by atoms with Gasteiger partial charge in [-0.15, -0.1) is 0 Å². The Bertz CT molecular complexity index is 639. The Kier molecular flexibility index (Phi) is 4.83. The standard InChI is InChI=1S/C12H17N5O2S/c1-13-20(18,19)8-7-14-9-11-10-15-17(16-11)12-5-3-2-4-6-12/h2-6,10,13-14H,7-9H2,1H3. The molecule has 0 bridgehead atoms. The van der Waals surface area contributed by atoms with Gasteiger partial charge < -0.3 is 5.32 Å². The van der Waals surface area contributed by atoms with Crippen molar-refractivity contribution >= 4 is 10.0 Å². The third kappa shape index (κ3) is 4.12. The van der Waals surface area contributed by atoms with Crippen molar-refractivity contribution < 1.29 is 8.42 Å². The molecule has 1 aromatic carbocycles. The van der Waals surface area contributed by atoms with Crippen LogP contribution in [0.4, 0.5) is 0 Å². The van der Waals surface area contributed by atoms with Crippen LogP contribution in [0.15, 0.2) is 36.5 Å². The molecule has 0 aliphatic carbocycles. The highest BCUT2D eigenvalue weighted by atomic mass is 32.2. The molecule has 7 nitrogen and oxygen atoms in total. The molecular formula is C12H17N5O2S. The van der Waals surface area contributed by atoms with Crippen molar-refractivity contribution in [1.29, 1.82) is 0 Å². The number of nitrogens with zero attached hydrogens (tertiary/aromatic N) is 3. The number of hydrogen-bond donors (Lipinski definition) is 2. The number of aromatic nitrogens is 3. The lowest BCUT2D eigenvalue weighted by Gasteiger charge is -2.03. The molecule has 0 spiro atoms. The third-order valence-corrected chi connectivity index (χ3v) is 4.05. The number of nitrogens with one attached hydrogen (secondary N) is 2. The van der Waals surface area contributed by atoms with Crippen molar-refractivity contribution in [2.24, 2.45) is 0 Å². The van der Waals surface area contributed by atoms with E-state index in [9.17, 15) is 8.42 Å². The fourth-order valence-corrected chi connectivity index (χ4v) is 2.20. The van der Waals surface area contributed by atoms with Crippen molar-refractivity contribution in [2.75, 3.05) is 19.3 Å². The molecule has 0 unspecified atom stereocenters. The summed E-state index contributed by atoms with van der Waals surface area (Å²) in [6.07, 6.45) is 1.66. The summed E-state index contributed by atoms with van der Waals surface area (Å²) in [6.45, 7) is 0.841. The normalized spacial score (nSPS) is 11.7. The molecule has 0 amide bonds. The maximum absolute atomic E-state index is 11.2. The predicted octanol–water partition coefficient (Wildman–Crippen LogP) is -0.0939. The first kappa shape index (κ1) is 14.6. The lowest BCUT2D eigenvalue weighted by Crippen LogP contribution is -2.29. The van der Waals surface area contributed by atoms with Crippen molar-refractivity contribution in [2.45, 2.75) is 6.54 Å². The van der Waals surface area contributed by atoms with Crippen LogP contribution in [0.25, 0.3) is 5.69 Å². The Hall–Kier alpha value is -1.77. The first-order chi connectivity index (χ1) is 9.61. The lowest BCUT2D eigenvalue weighted by molar-refractivity contribution is 0.582. The van der Waals surface area contributed by atoms with Gasteiger partial charge in [-0.3, -0.25) is 0 Å². The Morgan fingerprint density at radius 1 is 1.25 bits per heavy atom. The molecular weight excluding hydrogens is 278 g/mol. The summed E-state index contributed by atoms with van der Waals surface area (Å²) in [5.41, 5.74) is 1.65. The van der Waals surface area contributed by atoms with E-state index in [0.717, 1.165) is 11.4 Å². The molecule has 0 radical (unpaired) electrons. The van der Waals surface area contributed by atoms with Crippen LogP contribution >= 0.6 is 0 Å². The smallest absolute Gasteiger partial charge is 0.212 e. The molecule has 0 aliphatic rings. The number of rotatable bonds is 7. The van der Waals surface area contributed by atoms with Gasteiger partial charge >= 0.3 is 0 Å². The van der Waals surface area contributed by atoms with Crippen LogP contribution in [0.1, 0.15) is 5.69 Å². The molecule has 2 N–H and O–H groups in total. The number of hydrogen-bond acceptors (Lipinski definition) is 5. The summed E-state index contributed by atoms with van der Waals surface area (Å²) < 4.78 is 24.7. The Balaban J connectivity index is 1.85. The SMILES string of the molecule is CNS(=O)(=O)CCNCc1cnn(-c2ccccc2)n1. The molecule has 1 heterocycles. The molecule has 20 heavy (non-hydrogen) atoms. The number of sulfonamides is 1. The number of benzene rings is 1. The molecule has 2 aromatic rings. The Labute approximate surface area is 118 Å². The van der Waals surface area contributed by atoms with Crippen LogP contribution in [0.5, 0.6) is 0 Å². The van der Waals surface area contributed by atoms with Crippen LogP contribution in [-0.4, -0.2) is 42.8 Å². The summed E-state index contributed by atoms with van der Waals surface area (Å²) in [4.78, 5) is 1.54. The van der Waals surface area contributed by atoms with Crippen molar-refractivity contribution in [3.63, 3.8) is 0 Å². The van der Waals surface area contributed by atoms with Crippen LogP contribution in [-0.2, 0) is 16.6 Å². The number of para-hydroxylation sites is 1. The van der Waals surface area contributed by atoms with Gasteiger partial charge in [0.25, 0.3) is 0 Å². The summed E-state index contributed by atoms with van der Waals surface area (Å²) >= 11 is 0.